The van der Waals surface area contributed by atoms with Crippen LogP contribution in [0.4, 0.5) is 5.69 Å². The second kappa shape index (κ2) is 5.60. The van der Waals surface area contributed by atoms with Crippen molar-refractivity contribution in [2.24, 2.45) is 0 Å². The van der Waals surface area contributed by atoms with E-state index in [4.69, 9.17) is 0 Å². The van der Waals surface area contributed by atoms with Crippen LogP contribution in [0.3, 0.4) is 0 Å². The van der Waals surface area contributed by atoms with Crippen LogP contribution < -0.4 is 5.32 Å². The van der Waals surface area contributed by atoms with Crippen molar-refractivity contribution in [1.82, 2.24) is 0 Å². The summed E-state index contributed by atoms with van der Waals surface area (Å²) in [6.45, 7) is 0. The molecule has 21 heavy (non-hydrogen) atoms. The van der Waals surface area contributed by atoms with E-state index < -0.39 is 5.60 Å². The first-order valence-corrected chi connectivity index (χ1v) is 7.74. The minimum absolute atomic E-state index is 0.137. The number of hydrogen-bond acceptors (Lipinski definition) is 3. The van der Waals surface area contributed by atoms with Crippen molar-refractivity contribution in [3.63, 3.8) is 0 Å². The molecule has 0 radical (unpaired) electrons. The molecule has 0 aliphatic heterocycles. The van der Waals surface area contributed by atoms with Crippen LogP contribution in [0, 0.1) is 0 Å². The fourth-order valence-electron chi connectivity index (χ4n) is 3.42. The van der Waals surface area contributed by atoms with E-state index in [-0.39, 0.29) is 18.1 Å². The van der Waals surface area contributed by atoms with Gasteiger partial charge in [0.2, 0.25) is 5.91 Å². The van der Waals surface area contributed by atoms with Gasteiger partial charge in [-0.15, -0.1) is 0 Å². The Morgan fingerprint density at radius 3 is 2.71 bits per heavy atom. The van der Waals surface area contributed by atoms with E-state index in [1.54, 1.807) is 6.07 Å². The van der Waals surface area contributed by atoms with Gasteiger partial charge in [0.25, 0.3) is 0 Å². The van der Waals surface area contributed by atoms with E-state index in [0.29, 0.717) is 24.9 Å². The molecule has 1 amide bonds. The molecular weight excluding hydrogens is 266 g/mol. The Morgan fingerprint density at radius 1 is 1.19 bits per heavy atom. The van der Waals surface area contributed by atoms with Crippen LogP contribution in [0.25, 0.3) is 0 Å². The lowest BCUT2D eigenvalue weighted by Gasteiger charge is -2.21. The maximum atomic E-state index is 12.1. The molecular formula is C17H21NO3. The van der Waals surface area contributed by atoms with Crippen LogP contribution in [0.1, 0.15) is 60.9 Å². The van der Waals surface area contributed by atoms with Gasteiger partial charge in [-0.05, 0) is 43.4 Å². The van der Waals surface area contributed by atoms with E-state index in [0.717, 1.165) is 36.8 Å². The van der Waals surface area contributed by atoms with Gasteiger partial charge in [0.1, 0.15) is 0 Å². The van der Waals surface area contributed by atoms with Gasteiger partial charge >= 0.3 is 0 Å². The van der Waals surface area contributed by atoms with Gasteiger partial charge in [-0.1, -0.05) is 18.9 Å². The third-order valence-corrected chi connectivity index (χ3v) is 4.57. The normalized spacial score (nSPS) is 20.1. The van der Waals surface area contributed by atoms with E-state index in [2.05, 4.69) is 5.32 Å². The first-order valence-electron chi connectivity index (χ1n) is 7.74. The number of rotatable bonds is 3. The fraction of sp³-hybridized carbons (Fsp3) is 0.529. The summed E-state index contributed by atoms with van der Waals surface area (Å²) in [5.41, 5.74) is 1.61. The number of amides is 1. The van der Waals surface area contributed by atoms with Gasteiger partial charge in [-0.2, -0.15) is 0 Å². The van der Waals surface area contributed by atoms with Crippen molar-refractivity contribution in [1.29, 1.82) is 0 Å². The summed E-state index contributed by atoms with van der Waals surface area (Å²) in [5, 5.41) is 13.1. The highest BCUT2D eigenvalue weighted by Crippen LogP contribution is 2.32. The van der Waals surface area contributed by atoms with E-state index in [9.17, 15) is 14.7 Å². The van der Waals surface area contributed by atoms with E-state index >= 15 is 0 Å². The van der Waals surface area contributed by atoms with Crippen LogP contribution in [-0.4, -0.2) is 22.4 Å². The third-order valence-electron chi connectivity index (χ3n) is 4.57. The topological polar surface area (TPSA) is 66.4 Å². The number of carbonyl (C=O) groups excluding carboxylic acids is 2. The van der Waals surface area contributed by atoms with Crippen LogP contribution in [0.15, 0.2) is 18.2 Å². The van der Waals surface area contributed by atoms with Gasteiger partial charge in [0.05, 0.1) is 12.0 Å². The van der Waals surface area contributed by atoms with Gasteiger partial charge < -0.3 is 10.4 Å². The van der Waals surface area contributed by atoms with E-state index in [1.807, 2.05) is 12.1 Å². The van der Waals surface area contributed by atoms with Crippen molar-refractivity contribution in [2.75, 3.05) is 5.32 Å². The molecule has 0 spiro atoms. The van der Waals surface area contributed by atoms with Gasteiger partial charge in [-0.3, -0.25) is 9.59 Å². The summed E-state index contributed by atoms with van der Waals surface area (Å²) < 4.78 is 0. The number of hydrogen-bond donors (Lipinski definition) is 2. The molecule has 1 saturated carbocycles. The lowest BCUT2D eigenvalue weighted by Crippen LogP contribution is -2.30. The molecule has 112 valence electrons. The van der Waals surface area contributed by atoms with Gasteiger partial charge in [0, 0.05) is 17.7 Å². The number of fused-ring (bicyclic) bond motifs is 1. The summed E-state index contributed by atoms with van der Waals surface area (Å²) in [5.74, 6) is -0.0237. The van der Waals surface area contributed by atoms with Crippen molar-refractivity contribution in [3.8, 4) is 0 Å². The summed E-state index contributed by atoms with van der Waals surface area (Å²) in [6, 6.07) is 5.54. The second-order valence-corrected chi connectivity index (χ2v) is 6.31. The third kappa shape index (κ3) is 3.16. The predicted molar refractivity (Wildman–Crippen MR) is 80.4 cm³/mol. The smallest absolute Gasteiger partial charge is 0.227 e. The highest BCUT2D eigenvalue weighted by molar-refractivity contribution is 6.00. The molecule has 3 rings (SSSR count). The average Bonchev–Trinajstić information content (AvgIpc) is 2.86. The van der Waals surface area contributed by atoms with Crippen molar-refractivity contribution in [2.45, 2.75) is 57.0 Å². The SMILES string of the molecule is O=C(CC1(O)CCCC1)Nc1ccc2c(c1)C(=O)CCC2. The van der Waals surface area contributed by atoms with E-state index in [1.165, 1.54) is 0 Å². The quantitative estimate of drug-likeness (QED) is 0.898. The maximum absolute atomic E-state index is 12.1. The molecule has 1 fully saturated rings. The number of aryl methyl sites for hydroxylation is 1. The lowest BCUT2D eigenvalue weighted by atomic mass is 9.90. The molecule has 0 saturated heterocycles. The molecule has 0 aromatic heterocycles. The Morgan fingerprint density at radius 2 is 1.95 bits per heavy atom. The van der Waals surface area contributed by atoms with Crippen LogP contribution in [0.2, 0.25) is 0 Å². The highest BCUT2D eigenvalue weighted by atomic mass is 16.3. The zero-order valence-corrected chi connectivity index (χ0v) is 12.2. The standard InChI is InChI=1S/C17H21NO3/c19-15-5-3-4-12-6-7-13(10-14(12)15)18-16(20)11-17(21)8-1-2-9-17/h6-7,10,21H,1-5,8-9,11H2,(H,18,20). The Labute approximate surface area is 124 Å². The van der Waals surface area contributed by atoms with Crippen LogP contribution in [0.5, 0.6) is 0 Å². The number of carbonyl (C=O) groups is 2. The number of benzene rings is 1. The molecule has 0 heterocycles. The Bertz CT molecular complexity index is 573. The first-order chi connectivity index (χ1) is 10.1. The number of ketones is 1. The van der Waals surface area contributed by atoms with Crippen molar-refractivity contribution >= 4 is 17.4 Å². The van der Waals surface area contributed by atoms with Crippen molar-refractivity contribution in [3.05, 3.63) is 29.3 Å². The number of aliphatic hydroxyl groups is 1. The summed E-state index contributed by atoms with van der Waals surface area (Å²) in [7, 11) is 0. The zero-order valence-electron chi connectivity index (χ0n) is 12.2. The summed E-state index contributed by atoms with van der Waals surface area (Å²) in [6.07, 6.45) is 5.92. The Balaban J connectivity index is 1.69. The maximum Gasteiger partial charge on any atom is 0.227 e. The predicted octanol–water partition coefficient (Wildman–Crippen LogP) is 2.84. The molecule has 4 nitrogen and oxygen atoms in total. The molecule has 2 aliphatic carbocycles. The fourth-order valence-corrected chi connectivity index (χ4v) is 3.42. The minimum atomic E-state index is -0.839. The van der Waals surface area contributed by atoms with Crippen LogP contribution in [-0.2, 0) is 11.2 Å². The minimum Gasteiger partial charge on any atom is -0.389 e. The molecule has 2 aliphatic rings. The van der Waals surface area contributed by atoms with Gasteiger partial charge in [0.15, 0.2) is 5.78 Å². The molecule has 0 bridgehead atoms. The lowest BCUT2D eigenvalue weighted by molar-refractivity contribution is -0.120. The zero-order chi connectivity index (χ0) is 14.9. The molecule has 4 heteroatoms. The average molecular weight is 287 g/mol. The second-order valence-electron chi connectivity index (χ2n) is 6.31. The number of anilines is 1. The Hall–Kier alpha value is -1.68. The van der Waals surface area contributed by atoms with Crippen LogP contribution >= 0.6 is 0 Å². The Kier molecular flexibility index (Phi) is 3.81. The molecule has 0 unspecified atom stereocenters. The molecule has 1 aromatic rings. The monoisotopic (exact) mass is 287 g/mol. The first kappa shape index (κ1) is 14.3. The molecule has 2 N–H and O–H groups in total. The molecule has 0 atom stereocenters. The van der Waals surface area contributed by atoms with Gasteiger partial charge in [-0.25, -0.2) is 0 Å². The number of nitrogens with one attached hydrogen (secondary N) is 1. The van der Waals surface area contributed by atoms with Crippen molar-refractivity contribution < 1.29 is 14.7 Å². The largest absolute Gasteiger partial charge is 0.389 e. The molecule has 1 aromatic carbocycles. The summed E-state index contributed by atoms with van der Waals surface area (Å²) in [4.78, 5) is 24.0. The number of Topliss-reactive ketones (excluding diaryl/α,β-unsaturated/α-hetero) is 1. The highest BCUT2D eigenvalue weighted by Gasteiger charge is 2.33. The summed E-state index contributed by atoms with van der Waals surface area (Å²) >= 11 is 0.